The van der Waals surface area contributed by atoms with E-state index in [9.17, 15) is 0 Å². The fourth-order valence-corrected chi connectivity index (χ4v) is 3.81. The third-order valence-electron chi connectivity index (χ3n) is 5.07. The molecule has 1 atom stereocenters. The molecule has 0 amide bonds. The molecule has 2 rings (SSSR count). The minimum atomic E-state index is 0.631. The number of aromatic nitrogens is 1. The molecule has 0 spiro atoms. The number of hydrogen-bond donors (Lipinski definition) is 1. The third kappa shape index (κ3) is 5.43. The Morgan fingerprint density at radius 1 is 1.24 bits per heavy atom. The Labute approximate surface area is 130 Å². The van der Waals surface area contributed by atoms with E-state index < -0.39 is 0 Å². The molecule has 1 N–H and O–H groups in total. The van der Waals surface area contributed by atoms with Crippen LogP contribution in [0.5, 0.6) is 0 Å². The van der Waals surface area contributed by atoms with Crippen LogP contribution in [-0.4, -0.2) is 17.6 Å². The molecule has 0 aliphatic heterocycles. The predicted molar refractivity (Wildman–Crippen MR) is 90.4 cm³/mol. The standard InChI is InChI=1S/C19H32N2/c1-3-5-7-16-9-11-18(12-10-16)19(21-4-2)14-17-8-6-13-20-15-17/h6,8,13,15-16,18-19,21H,3-5,7,9-12,14H2,1-2H3. The average molecular weight is 288 g/mol. The van der Waals surface area contributed by atoms with Gasteiger partial charge in [-0.2, -0.15) is 0 Å². The Balaban J connectivity index is 1.85. The summed E-state index contributed by atoms with van der Waals surface area (Å²) in [6, 6.07) is 4.90. The number of rotatable bonds is 8. The Morgan fingerprint density at radius 2 is 2.05 bits per heavy atom. The lowest BCUT2D eigenvalue weighted by Gasteiger charge is -2.34. The maximum Gasteiger partial charge on any atom is 0.0300 e. The molecule has 0 saturated heterocycles. The highest BCUT2D eigenvalue weighted by Gasteiger charge is 2.27. The second-order valence-electron chi connectivity index (χ2n) is 6.65. The van der Waals surface area contributed by atoms with Gasteiger partial charge in [-0.1, -0.05) is 52.0 Å². The highest BCUT2D eigenvalue weighted by Crippen LogP contribution is 2.34. The van der Waals surface area contributed by atoms with Crippen molar-refractivity contribution in [2.24, 2.45) is 11.8 Å². The number of unbranched alkanes of at least 4 members (excludes halogenated alkanes) is 1. The van der Waals surface area contributed by atoms with Crippen LogP contribution in [0.3, 0.4) is 0 Å². The smallest absolute Gasteiger partial charge is 0.0300 e. The molecule has 0 aromatic carbocycles. The molecule has 1 aliphatic carbocycles. The van der Waals surface area contributed by atoms with Crippen molar-refractivity contribution in [3.05, 3.63) is 30.1 Å². The lowest BCUT2D eigenvalue weighted by atomic mass is 9.75. The van der Waals surface area contributed by atoms with Crippen LogP contribution in [0.4, 0.5) is 0 Å². The van der Waals surface area contributed by atoms with Crippen molar-refractivity contribution < 1.29 is 0 Å². The van der Waals surface area contributed by atoms with Crippen LogP contribution in [0.15, 0.2) is 24.5 Å². The van der Waals surface area contributed by atoms with Gasteiger partial charge < -0.3 is 5.32 Å². The van der Waals surface area contributed by atoms with Gasteiger partial charge in [-0.05, 0) is 49.3 Å². The summed E-state index contributed by atoms with van der Waals surface area (Å²) < 4.78 is 0. The highest BCUT2D eigenvalue weighted by atomic mass is 14.9. The van der Waals surface area contributed by atoms with E-state index >= 15 is 0 Å². The summed E-state index contributed by atoms with van der Waals surface area (Å²) in [4.78, 5) is 4.26. The molecule has 1 aliphatic rings. The second kappa shape index (κ2) is 9.19. The maximum absolute atomic E-state index is 4.26. The molecule has 1 saturated carbocycles. The van der Waals surface area contributed by atoms with E-state index in [4.69, 9.17) is 0 Å². The van der Waals surface area contributed by atoms with Gasteiger partial charge in [0.05, 0.1) is 0 Å². The lowest BCUT2D eigenvalue weighted by Crippen LogP contribution is -2.39. The number of pyridine rings is 1. The Hall–Kier alpha value is -0.890. The van der Waals surface area contributed by atoms with Crippen molar-refractivity contribution in [3.63, 3.8) is 0 Å². The van der Waals surface area contributed by atoms with Gasteiger partial charge in [-0.3, -0.25) is 4.98 Å². The van der Waals surface area contributed by atoms with Gasteiger partial charge in [0.2, 0.25) is 0 Å². The van der Waals surface area contributed by atoms with Crippen molar-refractivity contribution in [2.45, 2.75) is 71.3 Å². The summed E-state index contributed by atoms with van der Waals surface area (Å²) in [5, 5.41) is 3.73. The summed E-state index contributed by atoms with van der Waals surface area (Å²) >= 11 is 0. The van der Waals surface area contributed by atoms with Crippen LogP contribution in [0, 0.1) is 11.8 Å². The zero-order valence-electron chi connectivity index (χ0n) is 13.9. The van der Waals surface area contributed by atoms with Crippen LogP contribution in [0.2, 0.25) is 0 Å². The molecule has 0 bridgehead atoms. The van der Waals surface area contributed by atoms with E-state index in [1.807, 2.05) is 12.4 Å². The van der Waals surface area contributed by atoms with Gasteiger partial charge in [-0.15, -0.1) is 0 Å². The number of hydrogen-bond acceptors (Lipinski definition) is 2. The molecule has 21 heavy (non-hydrogen) atoms. The van der Waals surface area contributed by atoms with Crippen molar-refractivity contribution in [3.8, 4) is 0 Å². The first-order valence-electron chi connectivity index (χ1n) is 8.95. The highest BCUT2D eigenvalue weighted by molar-refractivity contribution is 5.10. The fraction of sp³-hybridized carbons (Fsp3) is 0.737. The molecule has 1 aromatic heterocycles. The number of nitrogens with one attached hydrogen (secondary N) is 1. The van der Waals surface area contributed by atoms with Crippen molar-refractivity contribution >= 4 is 0 Å². The van der Waals surface area contributed by atoms with E-state index in [0.29, 0.717) is 6.04 Å². The summed E-state index contributed by atoms with van der Waals surface area (Å²) in [6.45, 7) is 5.60. The summed E-state index contributed by atoms with van der Waals surface area (Å²) in [5.74, 6) is 1.85. The Kier molecular flexibility index (Phi) is 7.21. The number of likely N-dealkylation sites (N-methyl/N-ethyl adjacent to an activating group) is 1. The zero-order chi connectivity index (χ0) is 14.9. The van der Waals surface area contributed by atoms with Crippen LogP contribution < -0.4 is 5.32 Å². The van der Waals surface area contributed by atoms with Crippen molar-refractivity contribution in [1.29, 1.82) is 0 Å². The first kappa shape index (κ1) is 16.5. The second-order valence-corrected chi connectivity index (χ2v) is 6.65. The topological polar surface area (TPSA) is 24.9 Å². The minimum Gasteiger partial charge on any atom is -0.314 e. The van der Waals surface area contributed by atoms with Crippen LogP contribution >= 0.6 is 0 Å². The number of nitrogens with zero attached hydrogens (tertiary/aromatic N) is 1. The minimum absolute atomic E-state index is 0.631. The average Bonchev–Trinajstić information content (AvgIpc) is 2.54. The van der Waals surface area contributed by atoms with Gasteiger partial charge in [0.1, 0.15) is 0 Å². The van der Waals surface area contributed by atoms with Gasteiger partial charge in [0.25, 0.3) is 0 Å². The van der Waals surface area contributed by atoms with Gasteiger partial charge in [-0.25, -0.2) is 0 Å². The van der Waals surface area contributed by atoms with E-state index in [-0.39, 0.29) is 0 Å². The van der Waals surface area contributed by atoms with Crippen LogP contribution in [-0.2, 0) is 6.42 Å². The van der Waals surface area contributed by atoms with E-state index in [2.05, 4.69) is 36.3 Å². The van der Waals surface area contributed by atoms with Crippen molar-refractivity contribution in [1.82, 2.24) is 10.3 Å². The summed E-state index contributed by atoms with van der Waals surface area (Å²) in [7, 11) is 0. The lowest BCUT2D eigenvalue weighted by molar-refractivity contribution is 0.212. The molecule has 118 valence electrons. The SMILES string of the molecule is CCCCC1CCC(C(Cc2cccnc2)NCC)CC1. The third-order valence-corrected chi connectivity index (χ3v) is 5.07. The van der Waals surface area contributed by atoms with E-state index in [1.165, 1.54) is 50.5 Å². The molecule has 1 heterocycles. The molecular formula is C19H32N2. The van der Waals surface area contributed by atoms with Gasteiger partial charge in [0.15, 0.2) is 0 Å². The van der Waals surface area contributed by atoms with Crippen LogP contribution in [0.1, 0.15) is 64.4 Å². The molecular weight excluding hydrogens is 256 g/mol. The summed E-state index contributed by atoms with van der Waals surface area (Å²) in [5.41, 5.74) is 1.37. The van der Waals surface area contributed by atoms with Crippen molar-refractivity contribution in [2.75, 3.05) is 6.54 Å². The summed E-state index contributed by atoms with van der Waals surface area (Å²) in [6.07, 6.45) is 15.0. The normalized spacial score (nSPS) is 23.9. The molecule has 0 radical (unpaired) electrons. The van der Waals surface area contributed by atoms with E-state index in [0.717, 1.165) is 24.8 Å². The maximum atomic E-state index is 4.26. The first-order chi connectivity index (χ1) is 10.3. The first-order valence-corrected chi connectivity index (χ1v) is 8.95. The fourth-order valence-electron chi connectivity index (χ4n) is 3.81. The molecule has 1 aromatic rings. The Morgan fingerprint density at radius 3 is 2.67 bits per heavy atom. The zero-order valence-corrected chi connectivity index (χ0v) is 13.9. The van der Waals surface area contributed by atoms with Gasteiger partial charge >= 0.3 is 0 Å². The monoisotopic (exact) mass is 288 g/mol. The van der Waals surface area contributed by atoms with Gasteiger partial charge in [0, 0.05) is 18.4 Å². The predicted octanol–water partition coefficient (Wildman–Crippen LogP) is 4.60. The molecule has 2 nitrogen and oxygen atoms in total. The van der Waals surface area contributed by atoms with E-state index in [1.54, 1.807) is 0 Å². The molecule has 1 fully saturated rings. The van der Waals surface area contributed by atoms with Crippen LogP contribution in [0.25, 0.3) is 0 Å². The molecule has 2 heteroatoms. The molecule has 1 unspecified atom stereocenters. The Bertz CT molecular complexity index is 368. The quantitative estimate of drug-likeness (QED) is 0.756. The largest absolute Gasteiger partial charge is 0.314 e.